The molecule has 1 fully saturated rings. The van der Waals surface area contributed by atoms with Crippen molar-refractivity contribution in [3.8, 4) is 11.5 Å². The monoisotopic (exact) mass is 285 g/mol. The van der Waals surface area contributed by atoms with E-state index in [1.165, 1.54) is 6.07 Å². The van der Waals surface area contributed by atoms with Crippen molar-refractivity contribution in [2.24, 2.45) is 0 Å². The number of amides is 1. The van der Waals surface area contributed by atoms with E-state index < -0.39 is 0 Å². The van der Waals surface area contributed by atoms with Crippen molar-refractivity contribution in [2.45, 2.75) is 18.9 Å². The molecule has 1 aliphatic rings. The number of aromatic hydroxyl groups is 2. The molecule has 6 heteroatoms. The second-order valence-electron chi connectivity index (χ2n) is 4.57. The van der Waals surface area contributed by atoms with Crippen molar-refractivity contribution in [1.29, 1.82) is 0 Å². The third kappa shape index (κ3) is 2.77. The Balaban J connectivity index is 2.26. The molecule has 0 bridgehead atoms. The summed E-state index contributed by atoms with van der Waals surface area (Å²) >= 11 is 5.78. The van der Waals surface area contributed by atoms with Gasteiger partial charge in [0.1, 0.15) is 11.5 Å². The first-order valence-electron chi connectivity index (χ1n) is 6.06. The molecule has 0 unspecified atom stereocenters. The van der Waals surface area contributed by atoms with Crippen molar-refractivity contribution in [2.75, 3.05) is 20.3 Å². The molecule has 2 N–H and O–H groups in total. The summed E-state index contributed by atoms with van der Waals surface area (Å²) in [6.07, 6.45) is 1.79. The van der Waals surface area contributed by atoms with Crippen molar-refractivity contribution in [1.82, 2.24) is 4.90 Å². The Morgan fingerprint density at radius 2 is 2.21 bits per heavy atom. The van der Waals surface area contributed by atoms with E-state index >= 15 is 0 Å². The Morgan fingerprint density at radius 3 is 2.89 bits per heavy atom. The first-order chi connectivity index (χ1) is 9.04. The number of hydrogen-bond acceptors (Lipinski definition) is 4. The minimum absolute atomic E-state index is 0.0180. The van der Waals surface area contributed by atoms with E-state index in [-0.39, 0.29) is 34.0 Å². The standard InChI is InChI=1S/C13H16ClNO4/c1-19-7-8-3-2-4-15(8)13(18)9-5-10(14)12(17)6-11(9)16/h5-6,8,16-17H,2-4,7H2,1H3/t8-/m1/s1. The number of carbonyl (C=O) groups excluding carboxylic acids is 1. The predicted molar refractivity (Wildman–Crippen MR) is 70.7 cm³/mol. The van der Waals surface area contributed by atoms with Crippen LogP contribution in [0.1, 0.15) is 23.2 Å². The largest absolute Gasteiger partial charge is 0.507 e. The molecule has 1 aromatic rings. The Hall–Kier alpha value is -1.46. The molecule has 1 heterocycles. The number of halogens is 1. The van der Waals surface area contributed by atoms with Crippen LogP contribution in [0.4, 0.5) is 0 Å². The van der Waals surface area contributed by atoms with E-state index in [1.807, 2.05) is 0 Å². The minimum Gasteiger partial charge on any atom is -0.507 e. The number of phenols is 2. The normalized spacial score (nSPS) is 18.8. The maximum absolute atomic E-state index is 12.4. The van der Waals surface area contributed by atoms with Crippen LogP contribution in [0.3, 0.4) is 0 Å². The summed E-state index contributed by atoms with van der Waals surface area (Å²) in [5.41, 5.74) is 0.103. The summed E-state index contributed by atoms with van der Waals surface area (Å²) in [7, 11) is 1.59. The molecule has 19 heavy (non-hydrogen) atoms. The molecule has 0 spiro atoms. The number of nitrogens with zero attached hydrogens (tertiary/aromatic N) is 1. The van der Waals surface area contributed by atoms with Gasteiger partial charge in [-0.15, -0.1) is 0 Å². The molecule has 0 radical (unpaired) electrons. The molecule has 1 aliphatic heterocycles. The summed E-state index contributed by atoms with van der Waals surface area (Å²) in [6.45, 7) is 1.10. The topological polar surface area (TPSA) is 70.0 Å². The molecule has 1 aromatic carbocycles. The Bertz CT molecular complexity index is 492. The first kappa shape index (κ1) is 14.0. The van der Waals surface area contributed by atoms with Gasteiger partial charge in [-0.2, -0.15) is 0 Å². The van der Waals surface area contributed by atoms with E-state index in [4.69, 9.17) is 16.3 Å². The number of phenolic OH excluding ortho intramolecular Hbond substituents is 2. The van der Waals surface area contributed by atoms with Crippen molar-refractivity contribution in [3.05, 3.63) is 22.7 Å². The van der Waals surface area contributed by atoms with Crippen molar-refractivity contribution in [3.63, 3.8) is 0 Å². The SMILES string of the molecule is COC[C@H]1CCCN1C(=O)c1cc(Cl)c(O)cc1O. The predicted octanol–water partition coefficient (Wildman–Crippen LogP) is 2.00. The van der Waals surface area contributed by atoms with Crippen LogP contribution < -0.4 is 0 Å². The lowest BCUT2D eigenvalue weighted by Crippen LogP contribution is -2.38. The number of hydrogen-bond donors (Lipinski definition) is 2. The quantitative estimate of drug-likeness (QED) is 0.891. The summed E-state index contributed by atoms with van der Waals surface area (Å²) in [5, 5.41) is 19.2. The van der Waals surface area contributed by atoms with Crippen molar-refractivity contribution >= 4 is 17.5 Å². The van der Waals surface area contributed by atoms with E-state index in [0.717, 1.165) is 18.9 Å². The highest BCUT2D eigenvalue weighted by Gasteiger charge is 2.30. The van der Waals surface area contributed by atoms with Gasteiger partial charge in [0.15, 0.2) is 0 Å². The second kappa shape index (κ2) is 5.67. The van der Waals surface area contributed by atoms with Gasteiger partial charge in [0.25, 0.3) is 5.91 Å². The van der Waals surface area contributed by atoms with Gasteiger partial charge in [-0.25, -0.2) is 0 Å². The van der Waals surface area contributed by atoms with Crippen LogP contribution in [0.5, 0.6) is 11.5 Å². The van der Waals surface area contributed by atoms with Crippen molar-refractivity contribution < 1.29 is 19.7 Å². The first-order valence-corrected chi connectivity index (χ1v) is 6.43. The summed E-state index contributed by atoms with van der Waals surface area (Å²) in [6, 6.07) is 2.39. The van der Waals surface area contributed by atoms with Crippen LogP contribution in [0.25, 0.3) is 0 Å². The maximum Gasteiger partial charge on any atom is 0.257 e. The smallest absolute Gasteiger partial charge is 0.257 e. The molecule has 104 valence electrons. The molecule has 0 aromatic heterocycles. The number of likely N-dealkylation sites (tertiary alicyclic amines) is 1. The Labute approximate surface area is 116 Å². The van der Waals surface area contributed by atoms with E-state index in [9.17, 15) is 15.0 Å². The second-order valence-corrected chi connectivity index (χ2v) is 4.98. The van der Waals surface area contributed by atoms with Gasteiger partial charge in [0, 0.05) is 19.7 Å². The average molecular weight is 286 g/mol. The highest BCUT2D eigenvalue weighted by molar-refractivity contribution is 6.32. The van der Waals surface area contributed by atoms with Crippen LogP contribution in [-0.4, -0.2) is 47.3 Å². The lowest BCUT2D eigenvalue weighted by molar-refractivity contribution is 0.0628. The highest BCUT2D eigenvalue weighted by Crippen LogP contribution is 2.33. The lowest BCUT2D eigenvalue weighted by Gasteiger charge is -2.24. The lowest BCUT2D eigenvalue weighted by atomic mass is 10.1. The third-order valence-electron chi connectivity index (χ3n) is 3.29. The number of ether oxygens (including phenoxy) is 1. The Morgan fingerprint density at radius 1 is 1.47 bits per heavy atom. The van der Waals surface area contributed by atoms with Gasteiger partial charge in [-0.1, -0.05) is 11.6 Å². The van der Waals surface area contributed by atoms with Crippen LogP contribution >= 0.6 is 11.6 Å². The van der Waals surface area contributed by atoms with E-state index in [0.29, 0.717) is 13.2 Å². The molecule has 0 saturated carbocycles. The number of benzene rings is 1. The van der Waals surface area contributed by atoms with Gasteiger partial charge < -0.3 is 19.8 Å². The van der Waals surface area contributed by atoms with Gasteiger partial charge in [-0.3, -0.25) is 4.79 Å². The fourth-order valence-corrected chi connectivity index (χ4v) is 2.51. The van der Waals surface area contributed by atoms with Gasteiger partial charge in [-0.05, 0) is 18.9 Å². The number of methoxy groups -OCH3 is 1. The molecule has 5 nitrogen and oxygen atoms in total. The Kier molecular flexibility index (Phi) is 4.17. The fourth-order valence-electron chi connectivity index (χ4n) is 2.35. The van der Waals surface area contributed by atoms with Crippen LogP contribution in [0, 0.1) is 0 Å². The zero-order valence-corrected chi connectivity index (χ0v) is 11.4. The number of rotatable bonds is 3. The summed E-state index contributed by atoms with van der Waals surface area (Å²) in [4.78, 5) is 14.1. The van der Waals surface area contributed by atoms with E-state index in [1.54, 1.807) is 12.0 Å². The minimum atomic E-state index is -0.293. The summed E-state index contributed by atoms with van der Waals surface area (Å²) < 4.78 is 5.09. The zero-order valence-electron chi connectivity index (χ0n) is 10.6. The third-order valence-corrected chi connectivity index (χ3v) is 3.60. The average Bonchev–Trinajstić information content (AvgIpc) is 2.82. The van der Waals surface area contributed by atoms with Gasteiger partial charge in [0.2, 0.25) is 0 Å². The summed E-state index contributed by atoms with van der Waals surface area (Å²) in [5.74, 6) is -0.806. The van der Waals surface area contributed by atoms with Crippen LogP contribution in [-0.2, 0) is 4.74 Å². The van der Waals surface area contributed by atoms with Crippen LogP contribution in [0.15, 0.2) is 12.1 Å². The molecule has 1 saturated heterocycles. The van der Waals surface area contributed by atoms with E-state index in [2.05, 4.69) is 0 Å². The molecular formula is C13H16ClNO4. The molecule has 0 aliphatic carbocycles. The highest BCUT2D eigenvalue weighted by atomic mass is 35.5. The molecular weight excluding hydrogens is 270 g/mol. The maximum atomic E-state index is 12.4. The molecule has 2 rings (SSSR count). The zero-order chi connectivity index (χ0) is 14.0. The number of carbonyl (C=O) groups is 1. The van der Waals surface area contributed by atoms with Gasteiger partial charge >= 0.3 is 0 Å². The van der Waals surface area contributed by atoms with Gasteiger partial charge in [0.05, 0.1) is 23.2 Å². The van der Waals surface area contributed by atoms with Crippen LogP contribution in [0.2, 0.25) is 5.02 Å². The fraction of sp³-hybridized carbons (Fsp3) is 0.462. The molecule has 1 amide bonds. The molecule has 1 atom stereocenters.